The first kappa shape index (κ1) is 15.3. The Morgan fingerprint density at radius 3 is 2.77 bits per heavy atom. The average Bonchev–Trinajstić information content (AvgIpc) is 2.96. The van der Waals surface area contributed by atoms with Gasteiger partial charge in [-0.3, -0.25) is 0 Å². The zero-order valence-corrected chi connectivity index (χ0v) is 13.8. The summed E-state index contributed by atoms with van der Waals surface area (Å²) in [6, 6.07) is 10.6. The maximum atomic E-state index is 12.0. The van der Waals surface area contributed by atoms with Crippen molar-refractivity contribution >= 4 is 6.09 Å². The van der Waals surface area contributed by atoms with E-state index in [9.17, 15) is 4.79 Å². The van der Waals surface area contributed by atoms with Gasteiger partial charge in [0.2, 0.25) is 0 Å². The molecule has 1 aromatic carbocycles. The van der Waals surface area contributed by atoms with Crippen LogP contribution in [0.4, 0.5) is 4.79 Å². The number of fused-ring (bicyclic) bond motifs is 1. The van der Waals surface area contributed by atoms with Crippen molar-refractivity contribution in [1.29, 1.82) is 0 Å². The number of hydrogen-bond donors (Lipinski definition) is 1. The number of nitrogens with zero attached hydrogens (tertiary/aromatic N) is 1. The number of alkyl carbamates (subject to hydrolysis) is 1. The first-order chi connectivity index (χ1) is 10.4. The summed E-state index contributed by atoms with van der Waals surface area (Å²) in [6.45, 7) is 8.78. The molecule has 1 saturated heterocycles. The summed E-state index contributed by atoms with van der Waals surface area (Å²) in [6.07, 6.45) is 1.88. The van der Waals surface area contributed by atoms with Gasteiger partial charge in [-0.05, 0) is 45.1 Å². The quantitative estimate of drug-likeness (QED) is 0.930. The second kappa shape index (κ2) is 5.58. The Morgan fingerprint density at radius 2 is 2.09 bits per heavy atom. The zero-order chi connectivity index (χ0) is 15.8. The van der Waals surface area contributed by atoms with E-state index >= 15 is 0 Å². The van der Waals surface area contributed by atoms with E-state index in [2.05, 4.69) is 34.5 Å². The Bertz CT molecular complexity index is 538. The molecule has 1 aliphatic heterocycles. The zero-order valence-electron chi connectivity index (χ0n) is 13.8. The van der Waals surface area contributed by atoms with E-state index in [-0.39, 0.29) is 11.6 Å². The fraction of sp³-hybridized carbons (Fsp3) is 0.611. The molecule has 4 heteroatoms. The van der Waals surface area contributed by atoms with Gasteiger partial charge in [0.25, 0.3) is 0 Å². The predicted molar refractivity (Wildman–Crippen MR) is 86.8 cm³/mol. The van der Waals surface area contributed by atoms with Gasteiger partial charge < -0.3 is 15.0 Å². The van der Waals surface area contributed by atoms with Gasteiger partial charge in [0.05, 0.1) is 5.54 Å². The van der Waals surface area contributed by atoms with E-state index in [0.717, 1.165) is 32.5 Å². The second-order valence-corrected chi connectivity index (χ2v) is 7.65. The van der Waals surface area contributed by atoms with E-state index in [4.69, 9.17) is 4.74 Å². The fourth-order valence-electron chi connectivity index (χ4n) is 3.39. The van der Waals surface area contributed by atoms with Crippen molar-refractivity contribution < 1.29 is 9.53 Å². The molecule has 120 valence electrons. The molecule has 0 aromatic heterocycles. The molecule has 0 spiro atoms. The van der Waals surface area contributed by atoms with Gasteiger partial charge in [-0.25, -0.2) is 4.79 Å². The van der Waals surface area contributed by atoms with Gasteiger partial charge >= 0.3 is 6.09 Å². The van der Waals surface area contributed by atoms with Gasteiger partial charge in [-0.1, -0.05) is 30.3 Å². The van der Waals surface area contributed by atoms with Crippen molar-refractivity contribution in [1.82, 2.24) is 10.2 Å². The first-order valence-electron chi connectivity index (χ1n) is 8.14. The van der Waals surface area contributed by atoms with E-state index in [0.29, 0.717) is 5.92 Å². The molecule has 22 heavy (non-hydrogen) atoms. The van der Waals surface area contributed by atoms with Crippen LogP contribution in [0.1, 0.15) is 32.8 Å². The maximum absolute atomic E-state index is 12.0. The van der Waals surface area contributed by atoms with Crippen LogP contribution in [-0.4, -0.2) is 41.8 Å². The molecule has 1 N–H and O–H groups in total. The Hall–Kier alpha value is -1.55. The average molecular weight is 302 g/mol. The minimum absolute atomic E-state index is 0.0287. The maximum Gasteiger partial charge on any atom is 0.408 e. The van der Waals surface area contributed by atoms with Crippen molar-refractivity contribution in [3.8, 4) is 0 Å². The lowest BCUT2D eigenvalue weighted by atomic mass is 10.1. The van der Waals surface area contributed by atoms with Gasteiger partial charge in [-0.2, -0.15) is 0 Å². The molecule has 1 saturated carbocycles. The number of rotatable bonds is 4. The van der Waals surface area contributed by atoms with Crippen LogP contribution in [0.5, 0.6) is 0 Å². The monoisotopic (exact) mass is 302 g/mol. The van der Waals surface area contributed by atoms with Crippen molar-refractivity contribution in [2.24, 2.45) is 5.92 Å². The van der Waals surface area contributed by atoms with Crippen molar-refractivity contribution in [2.75, 3.05) is 19.6 Å². The minimum atomic E-state index is -0.434. The molecule has 3 rings (SSSR count). The van der Waals surface area contributed by atoms with Gasteiger partial charge in [0.15, 0.2) is 0 Å². The number of benzene rings is 1. The van der Waals surface area contributed by atoms with E-state index in [1.807, 2.05) is 26.8 Å². The minimum Gasteiger partial charge on any atom is -0.444 e. The molecule has 2 atom stereocenters. The molecule has 1 amide bonds. The van der Waals surface area contributed by atoms with E-state index in [1.165, 1.54) is 5.56 Å². The Balaban J connectivity index is 1.47. The summed E-state index contributed by atoms with van der Waals surface area (Å²) < 4.78 is 5.39. The summed E-state index contributed by atoms with van der Waals surface area (Å²) in [5.41, 5.74) is 0.910. The molecular formula is C18H26N2O2. The molecule has 2 fully saturated rings. The highest BCUT2D eigenvalue weighted by atomic mass is 16.6. The lowest BCUT2D eigenvalue weighted by molar-refractivity contribution is 0.0492. The topological polar surface area (TPSA) is 41.6 Å². The van der Waals surface area contributed by atoms with Crippen LogP contribution in [0.2, 0.25) is 0 Å². The van der Waals surface area contributed by atoms with Crippen LogP contribution in [0.25, 0.3) is 0 Å². The molecule has 4 nitrogen and oxygen atoms in total. The van der Waals surface area contributed by atoms with Crippen molar-refractivity contribution in [3.63, 3.8) is 0 Å². The van der Waals surface area contributed by atoms with Gasteiger partial charge in [0.1, 0.15) is 5.60 Å². The van der Waals surface area contributed by atoms with Crippen LogP contribution in [0.3, 0.4) is 0 Å². The number of likely N-dealkylation sites (tertiary alicyclic amines) is 1. The van der Waals surface area contributed by atoms with Crippen LogP contribution >= 0.6 is 0 Å². The van der Waals surface area contributed by atoms with Crippen molar-refractivity contribution in [2.45, 2.75) is 44.8 Å². The number of carbonyl (C=O) groups excluding carboxylic acids is 1. The predicted octanol–water partition coefficient (Wildman–Crippen LogP) is 2.83. The molecule has 1 aromatic rings. The number of hydrogen-bond acceptors (Lipinski definition) is 3. The third-order valence-electron chi connectivity index (χ3n) is 4.53. The van der Waals surface area contributed by atoms with Gasteiger partial charge in [-0.15, -0.1) is 0 Å². The van der Waals surface area contributed by atoms with Crippen molar-refractivity contribution in [3.05, 3.63) is 35.9 Å². The highest BCUT2D eigenvalue weighted by Gasteiger charge is 2.61. The number of carbonyl (C=O) groups is 1. The lowest BCUT2D eigenvalue weighted by Crippen LogP contribution is -2.44. The first-order valence-corrected chi connectivity index (χ1v) is 8.14. The van der Waals surface area contributed by atoms with Gasteiger partial charge in [0, 0.05) is 19.6 Å². The van der Waals surface area contributed by atoms with Crippen LogP contribution < -0.4 is 5.32 Å². The summed E-state index contributed by atoms with van der Waals surface area (Å²) in [4.78, 5) is 14.4. The Kier molecular flexibility index (Phi) is 3.89. The summed E-state index contributed by atoms with van der Waals surface area (Å²) >= 11 is 0. The number of nitrogens with one attached hydrogen (secondary N) is 1. The summed E-state index contributed by atoms with van der Waals surface area (Å²) in [5.74, 6) is 0.593. The molecular weight excluding hydrogens is 276 g/mol. The molecule has 1 heterocycles. The standard InChI is InChI=1S/C18H26N2O2/c1-17(2,3)22-16(21)19-18-11-15(18)12-20(13-18)10-9-14-7-5-4-6-8-14/h4-8,15H,9-13H2,1-3H3,(H,19,21)/t15-,18+/m0/s1. The second-order valence-electron chi connectivity index (χ2n) is 7.65. The molecule has 1 aliphatic carbocycles. The SMILES string of the molecule is CC(C)(C)OC(=O)N[C@@]12C[C@H]1CN(CCc1ccccc1)C2. The van der Waals surface area contributed by atoms with Crippen LogP contribution in [0.15, 0.2) is 30.3 Å². The highest BCUT2D eigenvalue weighted by Crippen LogP contribution is 2.49. The lowest BCUT2D eigenvalue weighted by Gasteiger charge is -2.24. The smallest absolute Gasteiger partial charge is 0.408 e. The Morgan fingerprint density at radius 1 is 1.36 bits per heavy atom. The number of amides is 1. The summed E-state index contributed by atoms with van der Waals surface area (Å²) in [5, 5.41) is 3.11. The van der Waals surface area contributed by atoms with Crippen LogP contribution in [-0.2, 0) is 11.2 Å². The highest BCUT2D eigenvalue weighted by molar-refractivity contribution is 5.70. The third kappa shape index (κ3) is 3.61. The van der Waals surface area contributed by atoms with E-state index < -0.39 is 5.60 Å². The molecule has 0 bridgehead atoms. The normalized spacial score (nSPS) is 27.3. The van der Waals surface area contributed by atoms with Crippen LogP contribution in [0, 0.1) is 5.92 Å². The molecule has 2 aliphatic rings. The summed E-state index contributed by atoms with van der Waals surface area (Å²) in [7, 11) is 0. The number of ether oxygens (including phenoxy) is 1. The fourth-order valence-corrected chi connectivity index (χ4v) is 3.39. The molecule has 0 unspecified atom stereocenters. The Labute approximate surface area is 132 Å². The van der Waals surface area contributed by atoms with E-state index in [1.54, 1.807) is 0 Å². The number of piperidine rings is 1. The third-order valence-corrected chi connectivity index (χ3v) is 4.53. The largest absolute Gasteiger partial charge is 0.444 e. The molecule has 0 radical (unpaired) electrons.